The Morgan fingerprint density at radius 2 is 2.08 bits per heavy atom. The van der Waals surface area contributed by atoms with Crippen LogP contribution in [0.5, 0.6) is 0 Å². The average Bonchev–Trinajstić information content (AvgIpc) is 3.19. The number of aromatic amines is 1. The molecule has 2 heterocycles. The molecule has 3 aromatic rings. The Bertz CT molecular complexity index is 951. The smallest absolute Gasteiger partial charge is 0.288 e. The summed E-state index contributed by atoms with van der Waals surface area (Å²) < 4.78 is 51.8. The number of anilines is 1. The number of halogens is 5. The Hall–Kier alpha value is -2.95. The molecule has 0 radical (unpaired) electrons. The minimum Gasteiger partial charge on any atom is -0.288 e. The van der Waals surface area contributed by atoms with E-state index in [1.165, 1.54) is 23.1 Å². The summed E-state index contributed by atoms with van der Waals surface area (Å²) >= 11 is 5.91. The van der Waals surface area contributed by atoms with Gasteiger partial charge in [-0.2, -0.15) is 18.3 Å². The lowest BCUT2D eigenvalue weighted by molar-refractivity contribution is -0.141. The fourth-order valence-electron chi connectivity index (χ4n) is 2.00. The van der Waals surface area contributed by atoms with Gasteiger partial charge in [0.1, 0.15) is 17.8 Å². The lowest BCUT2D eigenvalue weighted by atomic mass is 10.2. The Balaban J connectivity index is 1.68. The van der Waals surface area contributed by atoms with Crippen LogP contribution in [0.4, 0.5) is 23.5 Å². The first-order chi connectivity index (χ1) is 12.2. The summed E-state index contributed by atoms with van der Waals surface area (Å²) in [5, 5.41) is 11.4. The third kappa shape index (κ3) is 3.99. The summed E-state index contributed by atoms with van der Waals surface area (Å²) in [6.45, 7) is 0.155. The van der Waals surface area contributed by atoms with Crippen molar-refractivity contribution in [2.75, 3.05) is 5.32 Å². The zero-order valence-electron chi connectivity index (χ0n) is 12.7. The summed E-state index contributed by atoms with van der Waals surface area (Å²) in [7, 11) is 0. The van der Waals surface area contributed by atoms with E-state index in [9.17, 15) is 22.4 Å². The highest BCUT2D eigenvalue weighted by Gasteiger charge is 2.33. The summed E-state index contributed by atoms with van der Waals surface area (Å²) in [5.74, 6) is -1.53. The quantitative estimate of drug-likeness (QED) is 0.672. The second-order valence-electron chi connectivity index (χ2n) is 5.12. The van der Waals surface area contributed by atoms with Crippen LogP contribution in [0.25, 0.3) is 0 Å². The van der Waals surface area contributed by atoms with Crippen molar-refractivity contribution >= 4 is 23.5 Å². The van der Waals surface area contributed by atoms with Crippen LogP contribution in [0.3, 0.4) is 0 Å². The Kier molecular flexibility index (Phi) is 4.64. The maximum absolute atomic E-state index is 13.0. The Morgan fingerprint density at radius 1 is 1.31 bits per heavy atom. The van der Waals surface area contributed by atoms with Gasteiger partial charge in [-0.15, -0.1) is 5.10 Å². The molecule has 0 aliphatic rings. The van der Waals surface area contributed by atoms with Gasteiger partial charge in [0.2, 0.25) is 5.95 Å². The number of nitrogens with one attached hydrogen (secondary N) is 2. The van der Waals surface area contributed by atoms with Crippen molar-refractivity contribution in [1.82, 2.24) is 25.0 Å². The van der Waals surface area contributed by atoms with Crippen LogP contribution in [0.15, 0.2) is 30.6 Å². The normalized spacial score (nSPS) is 11.6. The molecule has 0 spiro atoms. The largest absolute Gasteiger partial charge is 0.432 e. The maximum atomic E-state index is 13.0. The number of hydrogen-bond donors (Lipinski definition) is 2. The lowest BCUT2D eigenvalue weighted by Crippen LogP contribution is -2.14. The minimum atomic E-state index is -4.64. The molecule has 0 saturated carbocycles. The van der Waals surface area contributed by atoms with Crippen LogP contribution in [0.1, 0.15) is 21.7 Å². The van der Waals surface area contributed by atoms with Crippen molar-refractivity contribution in [3.63, 3.8) is 0 Å². The fraction of sp³-hybridized carbons (Fsp3) is 0.143. The number of H-pyrrole nitrogens is 1. The lowest BCUT2D eigenvalue weighted by Gasteiger charge is -2.03. The molecule has 1 amide bonds. The molecule has 136 valence electrons. The SMILES string of the molecule is O=C(Nc1ncn(Cc2ccc(F)cc2Cl)n1)c1cc(C(F)(F)F)[nH]n1. The predicted molar refractivity (Wildman–Crippen MR) is 82.1 cm³/mol. The Labute approximate surface area is 148 Å². The molecule has 0 saturated heterocycles. The predicted octanol–water partition coefficient (Wildman–Crippen LogP) is 3.11. The number of alkyl halides is 3. The number of hydrogen-bond acceptors (Lipinski definition) is 4. The number of carbonyl (C=O) groups excluding carboxylic acids is 1. The molecule has 2 N–H and O–H groups in total. The van der Waals surface area contributed by atoms with Gasteiger partial charge in [-0.05, 0) is 17.7 Å². The molecule has 7 nitrogen and oxygen atoms in total. The van der Waals surface area contributed by atoms with Crippen LogP contribution >= 0.6 is 11.6 Å². The van der Waals surface area contributed by atoms with Gasteiger partial charge >= 0.3 is 6.18 Å². The van der Waals surface area contributed by atoms with Gasteiger partial charge in [0.15, 0.2) is 5.69 Å². The van der Waals surface area contributed by atoms with Crippen molar-refractivity contribution in [3.05, 3.63) is 58.4 Å². The topological polar surface area (TPSA) is 88.5 Å². The molecule has 3 rings (SSSR count). The number of amides is 1. The molecule has 12 heteroatoms. The number of nitrogens with zero attached hydrogens (tertiary/aromatic N) is 4. The summed E-state index contributed by atoms with van der Waals surface area (Å²) in [5.41, 5.74) is -1.04. The van der Waals surface area contributed by atoms with E-state index >= 15 is 0 Å². The monoisotopic (exact) mass is 388 g/mol. The van der Waals surface area contributed by atoms with Crippen LogP contribution in [-0.4, -0.2) is 30.9 Å². The molecule has 0 bridgehead atoms. The highest BCUT2D eigenvalue weighted by atomic mass is 35.5. The van der Waals surface area contributed by atoms with Gasteiger partial charge in [-0.1, -0.05) is 17.7 Å². The molecule has 0 unspecified atom stereocenters. The van der Waals surface area contributed by atoms with Crippen molar-refractivity contribution in [2.45, 2.75) is 12.7 Å². The number of aromatic nitrogens is 5. The zero-order chi connectivity index (χ0) is 18.9. The van der Waals surface area contributed by atoms with E-state index < -0.39 is 29.3 Å². The maximum Gasteiger partial charge on any atom is 0.432 e. The molecular weight excluding hydrogens is 380 g/mol. The number of rotatable bonds is 4. The fourth-order valence-corrected chi connectivity index (χ4v) is 2.23. The molecule has 1 aromatic carbocycles. The first-order valence-electron chi connectivity index (χ1n) is 7.00. The van der Waals surface area contributed by atoms with Gasteiger partial charge in [0, 0.05) is 11.1 Å². The summed E-state index contributed by atoms with van der Waals surface area (Å²) in [4.78, 5) is 15.7. The van der Waals surface area contributed by atoms with Crippen molar-refractivity contribution in [3.8, 4) is 0 Å². The van der Waals surface area contributed by atoms with Crippen LogP contribution in [0, 0.1) is 5.82 Å². The van der Waals surface area contributed by atoms with E-state index in [1.54, 1.807) is 5.10 Å². The first-order valence-corrected chi connectivity index (χ1v) is 7.37. The molecule has 0 aliphatic carbocycles. The van der Waals surface area contributed by atoms with Crippen molar-refractivity contribution in [2.24, 2.45) is 0 Å². The minimum absolute atomic E-state index is 0.134. The standard InChI is InChI=1S/C14H9ClF4N6O/c15-9-3-8(16)2-1-7(9)5-25-6-20-13(24-25)21-12(26)10-4-11(23-22-10)14(17,18)19/h1-4,6H,5H2,(H,22,23)(H,21,24,26). The first kappa shape index (κ1) is 17.9. The molecule has 0 aliphatic heterocycles. The van der Waals surface area contributed by atoms with E-state index in [2.05, 4.69) is 20.5 Å². The van der Waals surface area contributed by atoms with Gasteiger partial charge in [-0.25, -0.2) is 14.1 Å². The molecular formula is C14H9ClF4N6O. The molecule has 26 heavy (non-hydrogen) atoms. The zero-order valence-corrected chi connectivity index (χ0v) is 13.4. The van der Waals surface area contributed by atoms with Crippen molar-refractivity contribution < 1.29 is 22.4 Å². The summed E-state index contributed by atoms with van der Waals surface area (Å²) in [6.07, 6.45) is -3.36. The van der Waals surface area contributed by atoms with Gasteiger partial charge in [0.05, 0.1) is 6.54 Å². The third-order valence-electron chi connectivity index (χ3n) is 3.23. The van der Waals surface area contributed by atoms with E-state index in [-0.39, 0.29) is 17.5 Å². The van der Waals surface area contributed by atoms with E-state index in [1.807, 2.05) is 0 Å². The molecule has 0 atom stereocenters. The second-order valence-corrected chi connectivity index (χ2v) is 5.53. The average molecular weight is 389 g/mol. The van der Waals surface area contributed by atoms with E-state index in [4.69, 9.17) is 11.6 Å². The van der Waals surface area contributed by atoms with Gasteiger partial charge in [0.25, 0.3) is 5.91 Å². The van der Waals surface area contributed by atoms with Crippen LogP contribution in [-0.2, 0) is 12.7 Å². The Morgan fingerprint density at radius 3 is 2.73 bits per heavy atom. The van der Waals surface area contributed by atoms with E-state index in [0.717, 1.165) is 6.07 Å². The second kappa shape index (κ2) is 6.75. The number of carbonyl (C=O) groups is 1. The highest BCUT2D eigenvalue weighted by Crippen LogP contribution is 2.27. The number of benzene rings is 1. The third-order valence-corrected chi connectivity index (χ3v) is 3.58. The van der Waals surface area contributed by atoms with E-state index in [0.29, 0.717) is 11.6 Å². The van der Waals surface area contributed by atoms with Gasteiger partial charge < -0.3 is 0 Å². The van der Waals surface area contributed by atoms with Gasteiger partial charge in [-0.3, -0.25) is 15.2 Å². The molecule has 0 fully saturated rings. The van der Waals surface area contributed by atoms with Crippen molar-refractivity contribution in [1.29, 1.82) is 0 Å². The molecule has 2 aromatic heterocycles. The highest BCUT2D eigenvalue weighted by molar-refractivity contribution is 6.31. The summed E-state index contributed by atoms with van der Waals surface area (Å²) in [6, 6.07) is 4.42. The van der Waals surface area contributed by atoms with Crippen LogP contribution < -0.4 is 5.32 Å². The van der Waals surface area contributed by atoms with Crippen LogP contribution in [0.2, 0.25) is 5.02 Å².